The third-order valence-corrected chi connectivity index (χ3v) is 3.35. The zero-order valence-electron chi connectivity index (χ0n) is 10.2. The smallest absolute Gasteiger partial charge is 0.257 e. The molecule has 1 aliphatic heterocycles. The highest BCUT2D eigenvalue weighted by atomic mass is 35.5. The van der Waals surface area contributed by atoms with Crippen LogP contribution in [0.2, 0.25) is 0 Å². The maximum absolute atomic E-state index is 12.2. The number of amides is 1. The van der Waals surface area contributed by atoms with E-state index in [1.165, 1.54) is 0 Å². The third-order valence-electron chi connectivity index (χ3n) is 3.35. The van der Waals surface area contributed by atoms with Gasteiger partial charge in [0.25, 0.3) is 5.91 Å². The van der Waals surface area contributed by atoms with Crippen LogP contribution in [0.1, 0.15) is 29.5 Å². The fourth-order valence-corrected chi connectivity index (χ4v) is 2.13. The Hall–Kier alpha value is -1.00. The highest BCUT2D eigenvalue weighted by molar-refractivity contribution is 5.95. The number of halogens is 1. The van der Waals surface area contributed by atoms with Crippen LogP contribution in [0, 0.1) is 12.8 Å². The second-order valence-electron chi connectivity index (χ2n) is 4.57. The zero-order chi connectivity index (χ0) is 11.7. The molecule has 1 aromatic heterocycles. The van der Waals surface area contributed by atoms with Crippen LogP contribution in [0.15, 0.2) is 16.7 Å². The van der Waals surface area contributed by atoms with Crippen molar-refractivity contribution in [2.75, 3.05) is 13.1 Å². The molecule has 4 nitrogen and oxygen atoms in total. The molecular weight excluding hydrogens is 240 g/mol. The van der Waals surface area contributed by atoms with Gasteiger partial charge in [0.1, 0.15) is 5.76 Å². The van der Waals surface area contributed by atoms with Gasteiger partial charge in [-0.3, -0.25) is 4.79 Å². The van der Waals surface area contributed by atoms with Crippen molar-refractivity contribution >= 4 is 18.3 Å². The summed E-state index contributed by atoms with van der Waals surface area (Å²) < 4.78 is 5.15. The van der Waals surface area contributed by atoms with Crippen LogP contribution in [-0.2, 0) is 0 Å². The molecule has 0 aliphatic carbocycles. The number of nitrogens with two attached hydrogens (primary N) is 1. The van der Waals surface area contributed by atoms with Crippen LogP contribution >= 0.6 is 12.4 Å². The molecule has 2 rings (SSSR count). The predicted molar refractivity (Wildman–Crippen MR) is 68.4 cm³/mol. The molecule has 17 heavy (non-hydrogen) atoms. The first kappa shape index (κ1) is 14.1. The van der Waals surface area contributed by atoms with E-state index in [4.69, 9.17) is 10.2 Å². The van der Waals surface area contributed by atoms with Crippen molar-refractivity contribution in [2.45, 2.75) is 26.3 Å². The van der Waals surface area contributed by atoms with Crippen LogP contribution in [0.3, 0.4) is 0 Å². The molecule has 5 heteroatoms. The summed E-state index contributed by atoms with van der Waals surface area (Å²) in [7, 11) is 0. The summed E-state index contributed by atoms with van der Waals surface area (Å²) in [5.41, 5.74) is 6.60. The Balaban J connectivity index is 0.00000144. The maximum Gasteiger partial charge on any atom is 0.257 e. The average Bonchev–Trinajstić information content (AvgIpc) is 2.67. The van der Waals surface area contributed by atoms with Crippen molar-refractivity contribution < 1.29 is 9.21 Å². The summed E-state index contributed by atoms with van der Waals surface area (Å²) in [5, 5.41) is 0. The van der Waals surface area contributed by atoms with E-state index >= 15 is 0 Å². The van der Waals surface area contributed by atoms with Gasteiger partial charge in [-0.25, -0.2) is 0 Å². The molecule has 2 N–H and O–H groups in total. The number of piperidine rings is 1. The van der Waals surface area contributed by atoms with E-state index in [9.17, 15) is 4.79 Å². The van der Waals surface area contributed by atoms with E-state index in [0.717, 1.165) is 19.5 Å². The number of aryl methyl sites for hydroxylation is 1. The molecular formula is C12H19ClN2O2. The first-order valence-electron chi connectivity index (χ1n) is 5.68. The maximum atomic E-state index is 12.2. The Bertz CT molecular complexity index is 392. The number of carbonyl (C=O) groups excluding carboxylic acids is 1. The van der Waals surface area contributed by atoms with Crippen LogP contribution in [0.4, 0.5) is 0 Å². The van der Waals surface area contributed by atoms with Crippen LogP contribution in [-0.4, -0.2) is 29.9 Å². The summed E-state index contributed by atoms with van der Waals surface area (Å²) >= 11 is 0. The van der Waals surface area contributed by atoms with Gasteiger partial charge in [0, 0.05) is 19.1 Å². The molecule has 1 amide bonds. The van der Waals surface area contributed by atoms with Gasteiger partial charge in [-0.1, -0.05) is 6.92 Å². The lowest BCUT2D eigenvalue weighted by Gasteiger charge is -2.35. The Morgan fingerprint density at radius 1 is 1.59 bits per heavy atom. The van der Waals surface area contributed by atoms with Crippen molar-refractivity contribution in [1.82, 2.24) is 4.90 Å². The normalized spacial score (nSPS) is 24.3. The fraction of sp³-hybridized carbons (Fsp3) is 0.583. The SMILES string of the molecule is Cc1occc1C(=O)N1CCC(N)C(C)C1.Cl. The van der Waals surface area contributed by atoms with E-state index in [1.54, 1.807) is 12.3 Å². The summed E-state index contributed by atoms with van der Waals surface area (Å²) in [6, 6.07) is 1.95. The minimum absolute atomic E-state index is 0. The van der Waals surface area contributed by atoms with Gasteiger partial charge in [0.2, 0.25) is 0 Å². The summed E-state index contributed by atoms with van der Waals surface area (Å²) in [6.07, 6.45) is 2.44. The molecule has 2 unspecified atom stereocenters. The molecule has 0 saturated carbocycles. The predicted octanol–water partition coefficient (Wildman–Crippen LogP) is 1.82. The lowest BCUT2D eigenvalue weighted by molar-refractivity contribution is 0.0662. The topological polar surface area (TPSA) is 59.5 Å². The van der Waals surface area contributed by atoms with Crippen molar-refractivity contribution in [1.29, 1.82) is 0 Å². The van der Waals surface area contributed by atoms with Gasteiger partial charge in [0.15, 0.2) is 0 Å². The van der Waals surface area contributed by atoms with Crippen LogP contribution < -0.4 is 5.73 Å². The molecule has 2 atom stereocenters. The van der Waals surface area contributed by atoms with E-state index < -0.39 is 0 Å². The van der Waals surface area contributed by atoms with Crippen molar-refractivity contribution in [2.24, 2.45) is 11.7 Å². The lowest BCUT2D eigenvalue weighted by Crippen LogP contribution is -2.48. The summed E-state index contributed by atoms with van der Waals surface area (Å²) in [4.78, 5) is 14.0. The summed E-state index contributed by atoms with van der Waals surface area (Å²) in [5.74, 6) is 1.11. The number of likely N-dealkylation sites (tertiary alicyclic amines) is 1. The van der Waals surface area contributed by atoms with E-state index in [1.807, 2.05) is 11.8 Å². The fourth-order valence-electron chi connectivity index (χ4n) is 2.13. The molecule has 0 bridgehead atoms. The Morgan fingerprint density at radius 3 is 2.82 bits per heavy atom. The molecule has 0 aromatic carbocycles. The number of hydrogen-bond acceptors (Lipinski definition) is 3. The minimum Gasteiger partial charge on any atom is -0.469 e. The van der Waals surface area contributed by atoms with Crippen molar-refractivity contribution in [3.8, 4) is 0 Å². The van der Waals surface area contributed by atoms with E-state index in [2.05, 4.69) is 6.92 Å². The van der Waals surface area contributed by atoms with Crippen molar-refractivity contribution in [3.05, 3.63) is 23.7 Å². The first-order valence-corrected chi connectivity index (χ1v) is 5.68. The molecule has 0 spiro atoms. The van der Waals surface area contributed by atoms with Crippen LogP contribution in [0.25, 0.3) is 0 Å². The standard InChI is InChI=1S/C12H18N2O2.ClH/c1-8-7-14(5-3-11(8)13)12(15)10-4-6-16-9(10)2;/h4,6,8,11H,3,5,7,13H2,1-2H3;1H. The van der Waals surface area contributed by atoms with Gasteiger partial charge < -0.3 is 15.1 Å². The van der Waals surface area contributed by atoms with Gasteiger partial charge in [0.05, 0.1) is 11.8 Å². The van der Waals surface area contributed by atoms with Gasteiger partial charge in [-0.15, -0.1) is 12.4 Å². The van der Waals surface area contributed by atoms with Gasteiger partial charge >= 0.3 is 0 Å². The Labute approximate surface area is 108 Å². The van der Waals surface area contributed by atoms with E-state index in [-0.39, 0.29) is 24.4 Å². The molecule has 2 heterocycles. The molecule has 96 valence electrons. The number of nitrogens with zero attached hydrogens (tertiary/aromatic N) is 1. The quantitative estimate of drug-likeness (QED) is 0.836. The zero-order valence-corrected chi connectivity index (χ0v) is 11.0. The third kappa shape index (κ3) is 2.82. The highest BCUT2D eigenvalue weighted by Crippen LogP contribution is 2.19. The first-order chi connectivity index (χ1) is 7.59. The van der Waals surface area contributed by atoms with Gasteiger partial charge in [-0.05, 0) is 25.3 Å². The Morgan fingerprint density at radius 2 is 2.29 bits per heavy atom. The van der Waals surface area contributed by atoms with E-state index in [0.29, 0.717) is 17.2 Å². The monoisotopic (exact) mass is 258 g/mol. The molecule has 1 saturated heterocycles. The molecule has 0 radical (unpaired) electrons. The summed E-state index contributed by atoms with van der Waals surface area (Å²) in [6.45, 7) is 5.39. The molecule has 1 fully saturated rings. The minimum atomic E-state index is 0. The van der Waals surface area contributed by atoms with Crippen molar-refractivity contribution in [3.63, 3.8) is 0 Å². The van der Waals surface area contributed by atoms with Gasteiger partial charge in [-0.2, -0.15) is 0 Å². The van der Waals surface area contributed by atoms with Crippen LogP contribution in [0.5, 0.6) is 0 Å². The number of furan rings is 1. The largest absolute Gasteiger partial charge is 0.469 e. The molecule has 1 aromatic rings. The second-order valence-corrected chi connectivity index (χ2v) is 4.57. The second kappa shape index (κ2) is 5.56. The number of carbonyl (C=O) groups is 1. The Kier molecular flexibility index (Phi) is 4.60. The average molecular weight is 259 g/mol. The molecule has 1 aliphatic rings. The number of rotatable bonds is 1. The number of hydrogen-bond donors (Lipinski definition) is 1. The lowest BCUT2D eigenvalue weighted by atomic mass is 9.94. The highest BCUT2D eigenvalue weighted by Gasteiger charge is 2.27.